The predicted molar refractivity (Wildman–Crippen MR) is 77.9 cm³/mol. The van der Waals surface area contributed by atoms with Crippen molar-refractivity contribution in [2.45, 2.75) is 25.3 Å². The molecule has 0 saturated carbocycles. The number of aryl methyl sites for hydroxylation is 1. The first-order chi connectivity index (χ1) is 10.2. The second-order valence-corrected chi connectivity index (χ2v) is 5.30. The molecule has 1 amide bonds. The maximum atomic E-state index is 12.7. The third kappa shape index (κ3) is 2.49. The van der Waals surface area contributed by atoms with E-state index in [4.69, 9.17) is 0 Å². The number of hydrogen-bond acceptors (Lipinski definition) is 3. The quantitative estimate of drug-likeness (QED) is 0.909. The Kier molecular flexibility index (Phi) is 3.60. The van der Waals surface area contributed by atoms with Crippen LogP contribution in [0.2, 0.25) is 0 Å². The normalized spacial score (nSPS) is 18.7. The maximum absolute atomic E-state index is 12.7. The SMILES string of the molecule is Cn1nccc1C1CCCCN1C(=O)c1ccc[nH]c1=O. The first-order valence-electron chi connectivity index (χ1n) is 7.15. The Morgan fingerprint density at radius 1 is 1.38 bits per heavy atom. The highest BCUT2D eigenvalue weighted by molar-refractivity contribution is 5.94. The van der Waals surface area contributed by atoms with E-state index in [9.17, 15) is 9.59 Å². The van der Waals surface area contributed by atoms with Crippen molar-refractivity contribution in [2.24, 2.45) is 7.05 Å². The molecular weight excluding hydrogens is 268 g/mol. The summed E-state index contributed by atoms with van der Waals surface area (Å²) in [6, 6.07) is 5.18. The van der Waals surface area contributed by atoms with Crippen molar-refractivity contribution >= 4 is 5.91 Å². The Hall–Kier alpha value is -2.37. The zero-order valence-corrected chi connectivity index (χ0v) is 12.0. The number of H-pyrrole nitrogens is 1. The molecule has 3 rings (SSSR count). The number of pyridine rings is 1. The van der Waals surface area contributed by atoms with Gasteiger partial charge in [-0.05, 0) is 37.5 Å². The highest BCUT2D eigenvalue weighted by Crippen LogP contribution is 2.31. The first kappa shape index (κ1) is 13.6. The van der Waals surface area contributed by atoms with E-state index in [1.165, 1.54) is 6.20 Å². The van der Waals surface area contributed by atoms with Crippen LogP contribution < -0.4 is 5.56 Å². The van der Waals surface area contributed by atoms with Crippen molar-refractivity contribution < 1.29 is 4.79 Å². The van der Waals surface area contributed by atoms with Gasteiger partial charge in [0.05, 0.1) is 11.7 Å². The smallest absolute Gasteiger partial charge is 0.260 e. The van der Waals surface area contributed by atoms with E-state index in [1.54, 1.807) is 27.9 Å². The van der Waals surface area contributed by atoms with Gasteiger partial charge in [-0.1, -0.05) is 0 Å². The van der Waals surface area contributed by atoms with Gasteiger partial charge in [-0.3, -0.25) is 14.3 Å². The minimum absolute atomic E-state index is 0.0154. The van der Waals surface area contributed by atoms with Crippen LogP contribution in [-0.4, -0.2) is 32.1 Å². The molecule has 0 aromatic carbocycles. The van der Waals surface area contributed by atoms with Gasteiger partial charge in [-0.25, -0.2) is 0 Å². The summed E-state index contributed by atoms with van der Waals surface area (Å²) >= 11 is 0. The van der Waals surface area contributed by atoms with Crippen LogP contribution in [0.25, 0.3) is 0 Å². The van der Waals surface area contributed by atoms with Gasteiger partial charge in [0.15, 0.2) is 0 Å². The summed E-state index contributed by atoms with van der Waals surface area (Å²) in [5.41, 5.74) is 0.874. The summed E-state index contributed by atoms with van der Waals surface area (Å²) in [5.74, 6) is -0.206. The summed E-state index contributed by atoms with van der Waals surface area (Å²) in [7, 11) is 1.88. The number of nitrogens with zero attached hydrogens (tertiary/aromatic N) is 3. The molecule has 1 fully saturated rings. The molecule has 0 aliphatic carbocycles. The van der Waals surface area contributed by atoms with Gasteiger partial charge in [-0.2, -0.15) is 5.10 Å². The summed E-state index contributed by atoms with van der Waals surface area (Å²) in [6.45, 7) is 0.670. The molecule has 110 valence electrons. The lowest BCUT2D eigenvalue weighted by molar-refractivity contribution is 0.0599. The number of likely N-dealkylation sites (tertiary alicyclic amines) is 1. The van der Waals surface area contributed by atoms with E-state index in [-0.39, 0.29) is 23.1 Å². The Morgan fingerprint density at radius 3 is 2.95 bits per heavy atom. The fourth-order valence-electron chi connectivity index (χ4n) is 2.94. The average molecular weight is 286 g/mol. The van der Waals surface area contributed by atoms with Crippen LogP contribution in [0.4, 0.5) is 0 Å². The molecular formula is C15H18N4O2. The fraction of sp³-hybridized carbons (Fsp3) is 0.400. The molecule has 1 atom stereocenters. The van der Waals surface area contributed by atoms with Crippen molar-refractivity contribution in [1.82, 2.24) is 19.7 Å². The molecule has 1 aliphatic rings. The zero-order chi connectivity index (χ0) is 14.8. The molecule has 1 aliphatic heterocycles. The lowest BCUT2D eigenvalue weighted by Gasteiger charge is -2.35. The molecule has 0 radical (unpaired) electrons. The topological polar surface area (TPSA) is 71.0 Å². The van der Waals surface area contributed by atoms with Gasteiger partial charge in [0, 0.05) is 26.0 Å². The number of aromatic nitrogens is 3. The number of carbonyl (C=O) groups excluding carboxylic acids is 1. The Bertz CT molecular complexity index is 703. The summed E-state index contributed by atoms with van der Waals surface area (Å²) in [5, 5.41) is 4.19. The van der Waals surface area contributed by atoms with E-state index in [1.807, 2.05) is 13.1 Å². The predicted octanol–water partition coefficient (Wildman–Crippen LogP) is 1.48. The lowest BCUT2D eigenvalue weighted by Crippen LogP contribution is -2.41. The van der Waals surface area contributed by atoms with E-state index in [0.717, 1.165) is 25.0 Å². The standard InChI is InChI=1S/C15H18N4O2/c1-18-12(7-9-17-18)13-6-2-3-10-19(13)15(21)11-5-4-8-16-14(11)20/h4-5,7-9,13H,2-3,6,10H2,1H3,(H,16,20). The Labute approximate surface area is 122 Å². The third-order valence-corrected chi connectivity index (χ3v) is 4.01. The number of amides is 1. The molecule has 1 N–H and O–H groups in total. The van der Waals surface area contributed by atoms with E-state index < -0.39 is 0 Å². The highest BCUT2D eigenvalue weighted by Gasteiger charge is 2.31. The monoisotopic (exact) mass is 286 g/mol. The third-order valence-electron chi connectivity index (χ3n) is 4.01. The lowest BCUT2D eigenvalue weighted by atomic mass is 9.98. The highest BCUT2D eigenvalue weighted by atomic mass is 16.2. The molecule has 2 aromatic heterocycles. The molecule has 6 nitrogen and oxygen atoms in total. The Morgan fingerprint density at radius 2 is 2.24 bits per heavy atom. The number of hydrogen-bond donors (Lipinski definition) is 1. The van der Waals surface area contributed by atoms with Gasteiger partial charge in [-0.15, -0.1) is 0 Å². The molecule has 3 heterocycles. The van der Waals surface area contributed by atoms with Gasteiger partial charge in [0.2, 0.25) is 0 Å². The van der Waals surface area contributed by atoms with Crippen LogP contribution in [0.1, 0.15) is 41.4 Å². The Balaban J connectivity index is 1.95. The van der Waals surface area contributed by atoms with Crippen LogP contribution in [0.5, 0.6) is 0 Å². The molecule has 1 saturated heterocycles. The van der Waals surface area contributed by atoms with Crippen LogP contribution in [0.3, 0.4) is 0 Å². The average Bonchev–Trinajstić information content (AvgIpc) is 2.93. The van der Waals surface area contributed by atoms with E-state index >= 15 is 0 Å². The van der Waals surface area contributed by atoms with Crippen LogP contribution in [0, 0.1) is 0 Å². The molecule has 2 aromatic rings. The zero-order valence-electron chi connectivity index (χ0n) is 12.0. The number of aromatic amines is 1. The van der Waals surface area contributed by atoms with Crippen LogP contribution >= 0.6 is 0 Å². The molecule has 6 heteroatoms. The van der Waals surface area contributed by atoms with Crippen LogP contribution in [-0.2, 0) is 7.05 Å². The summed E-state index contributed by atoms with van der Waals surface area (Å²) in [4.78, 5) is 28.9. The van der Waals surface area contributed by atoms with Gasteiger partial charge in [0.1, 0.15) is 5.56 Å². The second-order valence-electron chi connectivity index (χ2n) is 5.30. The van der Waals surface area contributed by atoms with E-state index in [0.29, 0.717) is 6.54 Å². The number of carbonyl (C=O) groups is 1. The molecule has 0 spiro atoms. The van der Waals surface area contributed by atoms with Crippen molar-refractivity contribution in [3.63, 3.8) is 0 Å². The minimum Gasteiger partial charge on any atom is -0.330 e. The number of rotatable bonds is 2. The second kappa shape index (κ2) is 5.55. The maximum Gasteiger partial charge on any atom is 0.260 e. The molecule has 21 heavy (non-hydrogen) atoms. The van der Waals surface area contributed by atoms with E-state index in [2.05, 4.69) is 10.1 Å². The molecule has 0 bridgehead atoms. The van der Waals surface area contributed by atoms with Gasteiger partial charge >= 0.3 is 0 Å². The van der Waals surface area contributed by atoms with Crippen molar-refractivity contribution in [1.29, 1.82) is 0 Å². The van der Waals surface area contributed by atoms with Crippen molar-refractivity contribution in [2.75, 3.05) is 6.54 Å². The van der Waals surface area contributed by atoms with Gasteiger partial charge < -0.3 is 9.88 Å². The summed E-state index contributed by atoms with van der Waals surface area (Å²) in [6.07, 6.45) is 6.21. The van der Waals surface area contributed by atoms with Crippen molar-refractivity contribution in [3.8, 4) is 0 Å². The van der Waals surface area contributed by atoms with Gasteiger partial charge in [0.25, 0.3) is 11.5 Å². The first-order valence-corrected chi connectivity index (χ1v) is 7.15. The minimum atomic E-state index is -0.336. The van der Waals surface area contributed by atoms with Crippen LogP contribution in [0.15, 0.2) is 35.4 Å². The fourth-order valence-corrected chi connectivity index (χ4v) is 2.94. The largest absolute Gasteiger partial charge is 0.330 e. The number of nitrogens with one attached hydrogen (secondary N) is 1. The van der Waals surface area contributed by atoms with Crippen molar-refractivity contribution in [3.05, 3.63) is 52.2 Å². The molecule has 1 unspecified atom stereocenters. The summed E-state index contributed by atoms with van der Waals surface area (Å²) < 4.78 is 1.80. The number of piperidine rings is 1.